The minimum Gasteiger partial charge on any atom is -0.459 e. The van der Waals surface area contributed by atoms with E-state index >= 15 is 0 Å². The molecule has 0 amide bonds. The number of rotatable bonds is 4. The molecule has 58 heavy (non-hydrogen) atoms. The van der Waals surface area contributed by atoms with Crippen LogP contribution in [0.15, 0.2) is 37.0 Å². The van der Waals surface area contributed by atoms with Crippen LogP contribution in [0.5, 0.6) is 0 Å². The Morgan fingerprint density at radius 3 is 2.34 bits per heavy atom. The van der Waals surface area contributed by atoms with E-state index in [2.05, 4.69) is 63.1 Å². The molecule has 4 unspecified atom stereocenters. The largest absolute Gasteiger partial charge is 0.459 e. The summed E-state index contributed by atoms with van der Waals surface area (Å²) in [5, 5.41) is 0. The maximum Gasteiger partial charge on any atom is 0.308 e. The maximum absolute atomic E-state index is 14.2. The van der Waals surface area contributed by atoms with Gasteiger partial charge in [0.1, 0.15) is 36.6 Å². The summed E-state index contributed by atoms with van der Waals surface area (Å²) in [5.74, 6) is -1.73. The van der Waals surface area contributed by atoms with Crippen LogP contribution in [0.25, 0.3) is 0 Å². The molecule has 0 radical (unpaired) electrons. The van der Waals surface area contributed by atoms with Gasteiger partial charge >= 0.3 is 5.97 Å². The lowest BCUT2D eigenvalue weighted by atomic mass is 9.78. The van der Waals surface area contributed by atoms with Crippen LogP contribution >= 0.6 is 22.6 Å². The maximum atomic E-state index is 14.2. The molecule has 1 spiro atoms. The zero-order valence-electron chi connectivity index (χ0n) is 34.3. The fourth-order valence-electron chi connectivity index (χ4n) is 12.3. The zero-order valence-corrected chi connectivity index (χ0v) is 36.5. The number of hydrogen-bond donors (Lipinski definition) is 0. The van der Waals surface area contributed by atoms with Crippen LogP contribution < -0.4 is 0 Å². The summed E-state index contributed by atoms with van der Waals surface area (Å²) in [6, 6.07) is 0. The molecule has 11 heterocycles. The zero-order chi connectivity index (χ0) is 40.1. The van der Waals surface area contributed by atoms with Crippen molar-refractivity contribution in [2.75, 3.05) is 11.0 Å². The van der Waals surface area contributed by atoms with Crippen molar-refractivity contribution >= 4 is 28.6 Å². The van der Waals surface area contributed by atoms with Gasteiger partial charge in [-0.2, -0.15) is 0 Å². The molecule has 0 N–H and O–H groups in total. The second kappa shape index (κ2) is 16.0. The fourth-order valence-corrected chi connectivity index (χ4v) is 13.4. The van der Waals surface area contributed by atoms with E-state index in [1.165, 1.54) is 0 Å². The summed E-state index contributed by atoms with van der Waals surface area (Å²) in [5.41, 5.74) is 2.20. The number of carbonyl (C=O) groups excluding carboxylic acids is 1. The Labute approximate surface area is 356 Å². The van der Waals surface area contributed by atoms with Gasteiger partial charge in [0.2, 0.25) is 5.79 Å². The monoisotopic (exact) mass is 922 g/mol. The molecule has 12 bridgehead atoms. The average molecular weight is 923 g/mol. The number of fused-ring (bicyclic) bond motifs is 7. The number of alkyl halides is 1. The lowest BCUT2D eigenvalue weighted by Gasteiger charge is -2.51. The second-order valence-corrected chi connectivity index (χ2v) is 20.2. The fraction of sp³-hybridized carbons (Fsp3) is 0.844. The lowest BCUT2D eigenvalue weighted by Crippen LogP contribution is -2.62. The number of ether oxygens (including phenoxy) is 11. The smallest absolute Gasteiger partial charge is 0.308 e. The number of hydrogen-bond acceptors (Lipinski definition) is 12. The predicted molar refractivity (Wildman–Crippen MR) is 218 cm³/mol. The van der Waals surface area contributed by atoms with E-state index in [1.54, 1.807) is 6.08 Å². The Morgan fingerprint density at radius 2 is 1.52 bits per heavy atom. The van der Waals surface area contributed by atoms with E-state index in [-0.39, 0.29) is 91.4 Å². The van der Waals surface area contributed by atoms with Gasteiger partial charge in [0, 0.05) is 23.2 Å². The highest BCUT2D eigenvalue weighted by Gasteiger charge is 2.75. The molecule has 11 aliphatic rings. The lowest BCUT2D eigenvalue weighted by molar-refractivity contribution is -0.304. The van der Waals surface area contributed by atoms with Crippen LogP contribution in [0, 0.1) is 17.8 Å². The average Bonchev–Trinajstić information content (AvgIpc) is 3.75. The Kier molecular flexibility index (Phi) is 11.3. The van der Waals surface area contributed by atoms with Crippen LogP contribution in [0.4, 0.5) is 0 Å². The third-order valence-corrected chi connectivity index (χ3v) is 16.3. The first-order valence-electron chi connectivity index (χ1n) is 22.3. The van der Waals surface area contributed by atoms with Crippen LogP contribution in [0.1, 0.15) is 97.8 Å². The first-order valence-corrected chi connectivity index (χ1v) is 23.8. The van der Waals surface area contributed by atoms with E-state index in [0.29, 0.717) is 44.6 Å². The van der Waals surface area contributed by atoms with Crippen molar-refractivity contribution in [3.63, 3.8) is 0 Å². The summed E-state index contributed by atoms with van der Waals surface area (Å²) in [4.78, 5) is 14.2. The quantitative estimate of drug-likeness (QED) is 0.134. The molecule has 11 fully saturated rings. The molecule has 13 heteroatoms. The van der Waals surface area contributed by atoms with Gasteiger partial charge in [-0.05, 0) is 74.3 Å². The Morgan fingerprint density at radius 1 is 0.741 bits per heavy atom. The first kappa shape index (κ1) is 41.1. The normalized spacial score (nSPS) is 53.9. The van der Waals surface area contributed by atoms with E-state index in [0.717, 1.165) is 54.1 Å². The summed E-state index contributed by atoms with van der Waals surface area (Å²) in [6.45, 7) is 19.9. The summed E-state index contributed by atoms with van der Waals surface area (Å²) in [7, 11) is 0. The van der Waals surface area contributed by atoms with Gasteiger partial charge in [-0.15, -0.1) is 6.58 Å². The highest BCUT2D eigenvalue weighted by Crippen LogP contribution is 2.59. The minimum atomic E-state index is -1.02. The highest BCUT2D eigenvalue weighted by molar-refractivity contribution is 14.1. The third kappa shape index (κ3) is 7.23. The van der Waals surface area contributed by atoms with Gasteiger partial charge in [-0.1, -0.05) is 62.6 Å². The van der Waals surface area contributed by atoms with Gasteiger partial charge in [0.25, 0.3) is 0 Å². The molecule has 322 valence electrons. The van der Waals surface area contributed by atoms with Crippen molar-refractivity contribution in [3.05, 3.63) is 37.0 Å². The number of halogens is 1. The number of carbonyl (C=O) groups is 1. The van der Waals surface area contributed by atoms with Crippen molar-refractivity contribution in [2.24, 2.45) is 17.8 Å². The second-order valence-electron chi connectivity index (χ2n) is 19.3. The van der Waals surface area contributed by atoms with Crippen molar-refractivity contribution < 1.29 is 56.9 Å². The van der Waals surface area contributed by atoms with E-state index < -0.39 is 42.1 Å². The van der Waals surface area contributed by atoms with Gasteiger partial charge in [-0.3, -0.25) is 4.79 Å². The topological polar surface area (TPSA) is 119 Å². The summed E-state index contributed by atoms with van der Waals surface area (Å²) < 4.78 is 75.8. The van der Waals surface area contributed by atoms with Gasteiger partial charge in [-0.25, -0.2) is 0 Å². The minimum absolute atomic E-state index is 0.00605. The molecule has 12 nitrogen and oxygen atoms in total. The van der Waals surface area contributed by atoms with Crippen LogP contribution in [0.3, 0.4) is 0 Å². The summed E-state index contributed by atoms with van der Waals surface area (Å²) in [6.07, 6.45) is 5.75. The standard InChI is InChI=1S/C45H63IO12/c1-7-14-48-45-21-44-13-12-29-16-23(3)30(49-29)10-8-27-15-22(2)25(5)32(50-27)19-34-38(26(6)37-33(52-34)17-24(4)35(20-46)54-37)55-36(47)18-28-9-11-31-39(51-28)40(56-44)41(57-45)42(53-31)43(45)58-44/h7,22,24,26-35,37-43H,1,3,5,8-21H2,2,4,6H3/t22-,24-,26+,27+,28-,29+,30+,31+,32?,33+,34+,35-,37+,38-,39+,40+,41?,42?,43+,44-,45?/m1/s1. The van der Waals surface area contributed by atoms with E-state index in [9.17, 15) is 4.79 Å². The van der Waals surface area contributed by atoms with E-state index in [1.807, 2.05) is 0 Å². The molecule has 11 rings (SSSR count). The molecule has 0 aliphatic carbocycles. The van der Waals surface area contributed by atoms with E-state index in [4.69, 9.17) is 52.1 Å². The Bertz CT molecular complexity index is 1610. The van der Waals surface area contributed by atoms with Gasteiger partial charge < -0.3 is 52.1 Å². The van der Waals surface area contributed by atoms with Gasteiger partial charge in [0.05, 0.1) is 80.5 Å². The molecule has 11 aliphatic heterocycles. The molecular weight excluding hydrogens is 859 g/mol. The Hall–Kier alpha value is -0.980. The van der Waals surface area contributed by atoms with Crippen molar-refractivity contribution in [3.8, 4) is 0 Å². The molecule has 0 saturated carbocycles. The predicted octanol–water partition coefficient (Wildman–Crippen LogP) is 6.44. The first-order chi connectivity index (χ1) is 27.9. The van der Waals surface area contributed by atoms with Crippen molar-refractivity contribution in [1.29, 1.82) is 0 Å². The number of esters is 1. The van der Waals surface area contributed by atoms with Gasteiger partial charge in [0.15, 0.2) is 5.79 Å². The molecule has 11 saturated heterocycles. The molecular formula is C45H63IO12. The Balaban J connectivity index is 0.948. The molecule has 0 aromatic carbocycles. The van der Waals surface area contributed by atoms with Crippen molar-refractivity contribution in [2.45, 2.75) is 207 Å². The summed E-state index contributed by atoms with van der Waals surface area (Å²) >= 11 is 2.41. The molecule has 21 atom stereocenters. The van der Waals surface area contributed by atoms with Crippen molar-refractivity contribution in [1.82, 2.24) is 0 Å². The SMILES string of the molecule is C=CCOC12C[C@]34CC[C@H]5CC(=C)[C@H](CC[C@H]6C[C@@H](C)C(=C)C(C[C@@H]7O[C@H]8C[C@@H](C)[C@@H](CI)O[C@H]8[C@H](C)[C@H]7OC(=O)C[C@H]7CC[C@@H]8OC(C(O1)[C@@H](O3)[C@H]8O7)[C@@H]2O4)O6)O5. The van der Waals surface area contributed by atoms with Crippen LogP contribution in [0.2, 0.25) is 0 Å². The molecule has 0 aromatic rings. The molecule has 0 aromatic heterocycles. The highest BCUT2D eigenvalue weighted by atomic mass is 127. The van der Waals surface area contributed by atoms with Crippen LogP contribution in [-0.4, -0.2) is 126 Å². The van der Waals surface area contributed by atoms with Crippen LogP contribution in [-0.2, 0) is 56.9 Å². The third-order valence-electron chi connectivity index (χ3n) is 15.4.